The Hall–Kier alpha value is -2.88. The molecule has 0 aliphatic carbocycles. The molecule has 2 heterocycles. The number of anilines is 1. The van der Waals surface area contributed by atoms with Crippen molar-refractivity contribution in [2.24, 2.45) is 7.05 Å². The minimum atomic E-state index is 0.870. The van der Waals surface area contributed by atoms with Crippen LogP contribution in [0, 0.1) is 0 Å². The maximum Gasteiger partial charge on any atom is 0.121 e. The molecule has 1 aromatic heterocycles. The number of nitrogens with one attached hydrogen (secondary N) is 1. The van der Waals surface area contributed by atoms with E-state index in [1.54, 1.807) is 0 Å². The molecule has 0 saturated carbocycles. The third-order valence-corrected chi connectivity index (χ3v) is 3.80. The second kappa shape index (κ2) is 4.31. The minimum Gasteiger partial charge on any atom is -0.355 e. The molecule has 1 N–H and O–H groups in total. The predicted molar refractivity (Wildman–Crippen MR) is 84.5 cm³/mol. The van der Waals surface area contributed by atoms with Crippen LogP contribution in [-0.2, 0) is 7.05 Å². The van der Waals surface area contributed by atoms with Crippen LogP contribution in [0.1, 0.15) is 5.56 Å². The Kier molecular flexibility index (Phi) is 2.44. The van der Waals surface area contributed by atoms with Crippen molar-refractivity contribution in [3.05, 3.63) is 60.7 Å². The summed E-state index contributed by atoms with van der Waals surface area (Å²) in [5, 5.41) is 12.0. The zero-order chi connectivity index (χ0) is 14.4. The van der Waals surface area contributed by atoms with Crippen molar-refractivity contribution in [3.63, 3.8) is 0 Å². The lowest BCUT2D eigenvalue weighted by Gasteiger charge is -2.20. The first-order valence-electron chi connectivity index (χ1n) is 6.80. The average Bonchev–Trinajstić information content (AvgIpc) is 2.88. The molecular formula is C17H14N4. The topological polar surface area (TPSA) is 42.7 Å². The number of aryl methyl sites for hydroxylation is 1. The molecule has 4 rings (SSSR count). The van der Waals surface area contributed by atoms with Gasteiger partial charge in [-0.3, -0.25) is 0 Å². The highest BCUT2D eigenvalue weighted by molar-refractivity contribution is 5.96. The van der Waals surface area contributed by atoms with E-state index in [9.17, 15) is 0 Å². The zero-order valence-electron chi connectivity index (χ0n) is 11.7. The molecule has 2 aromatic carbocycles. The van der Waals surface area contributed by atoms with E-state index in [1.165, 1.54) is 0 Å². The van der Waals surface area contributed by atoms with Gasteiger partial charge in [0.05, 0.1) is 5.69 Å². The van der Waals surface area contributed by atoms with E-state index in [4.69, 9.17) is 0 Å². The number of rotatable bonds is 0. The summed E-state index contributed by atoms with van der Waals surface area (Å²) in [5.41, 5.74) is 6.97. The van der Waals surface area contributed by atoms with Crippen molar-refractivity contribution in [1.82, 2.24) is 15.0 Å². The molecule has 1 aliphatic heterocycles. The van der Waals surface area contributed by atoms with Crippen LogP contribution >= 0.6 is 0 Å². The Bertz CT molecular complexity index is 861. The molecule has 1 aliphatic rings. The largest absolute Gasteiger partial charge is 0.355 e. The van der Waals surface area contributed by atoms with Crippen LogP contribution in [0.4, 0.5) is 5.69 Å². The number of hydrogen-bond donors (Lipinski definition) is 1. The van der Waals surface area contributed by atoms with Crippen LogP contribution in [0.15, 0.2) is 55.1 Å². The van der Waals surface area contributed by atoms with E-state index in [-0.39, 0.29) is 0 Å². The number of benzene rings is 2. The quantitative estimate of drug-likeness (QED) is 0.681. The van der Waals surface area contributed by atoms with Gasteiger partial charge < -0.3 is 5.32 Å². The van der Waals surface area contributed by atoms with Crippen LogP contribution in [0.5, 0.6) is 0 Å². The second-order valence-corrected chi connectivity index (χ2v) is 5.10. The van der Waals surface area contributed by atoms with Gasteiger partial charge in [-0.2, -0.15) is 0 Å². The SMILES string of the molecule is C=C1Nc2ccccc2-c2c(nnn2C)-c2ccccc21. The number of nitrogens with zero attached hydrogens (tertiary/aromatic N) is 3. The summed E-state index contributed by atoms with van der Waals surface area (Å²) in [7, 11) is 1.92. The molecule has 0 fully saturated rings. The van der Waals surface area contributed by atoms with Gasteiger partial charge in [0.25, 0.3) is 0 Å². The van der Waals surface area contributed by atoms with Gasteiger partial charge in [0, 0.05) is 35.1 Å². The highest BCUT2D eigenvalue weighted by Gasteiger charge is 2.23. The Morgan fingerprint density at radius 1 is 0.952 bits per heavy atom. The van der Waals surface area contributed by atoms with Gasteiger partial charge in [0.15, 0.2) is 0 Å². The average molecular weight is 274 g/mol. The summed E-state index contributed by atoms with van der Waals surface area (Å²) in [6, 6.07) is 16.3. The van der Waals surface area contributed by atoms with Gasteiger partial charge in [-0.1, -0.05) is 54.3 Å². The summed E-state index contributed by atoms with van der Waals surface area (Å²) >= 11 is 0. The van der Waals surface area contributed by atoms with Gasteiger partial charge >= 0.3 is 0 Å². The predicted octanol–water partition coefficient (Wildman–Crippen LogP) is 3.55. The number of aromatic nitrogens is 3. The molecule has 0 bridgehead atoms. The molecule has 0 unspecified atom stereocenters. The molecular weight excluding hydrogens is 260 g/mol. The molecule has 21 heavy (non-hydrogen) atoms. The van der Waals surface area contributed by atoms with E-state index >= 15 is 0 Å². The first-order valence-corrected chi connectivity index (χ1v) is 6.80. The first-order chi connectivity index (χ1) is 10.3. The smallest absolute Gasteiger partial charge is 0.121 e. The van der Waals surface area contributed by atoms with Gasteiger partial charge in [0.2, 0.25) is 0 Å². The Morgan fingerprint density at radius 3 is 2.43 bits per heavy atom. The summed E-state index contributed by atoms with van der Waals surface area (Å²) in [6.45, 7) is 4.17. The lowest BCUT2D eigenvalue weighted by atomic mass is 9.95. The summed E-state index contributed by atoms with van der Waals surface area (Å²) in [6.07, 6.45) is 0. The van der Waals surface area contributed by atoms with Crippen molar-refractivity contribution in [1.29, 1.82) is 0 Å². The number of hydrogen-bond acceptors (Lipinski definition) is 3. The highest BCUT2D eigenvalue weighted by Crippen LogP contribution is 2.40. The van der Waals surface area contributed by atoms with Gasteiger partial charge in [-0.15, -0.1) is 5.10 Å². The van der Waals surface area contributed by atoms with Crippen molar-refractivity contribution in [3.8, 4) is 22.5 Å². The lowest BCUT2D eigenvalue weighted by molar-refractivity contribution is 0.721. The number of para-hydroxylation sites is 1. The van der Waals surface area contributed by atoms with E-state index in [0.29, 0.717) is 0 Å². The Balaban J connectivity index is 2.13. The summed E-state index contributed by atoms with van der Waals surface area (Å²) in [4.78, 5) is 0. The molecule has 3 aromatic rings. The minimum absolute atomic E-state index is 0.870. The van der Waals surface area contributed by atoms with Crippen LogP contribution < -0.4 is 5.32 Å². The van der Waals surface area contributed by atoms with Crippen molar-refractivity contribution in [2.75, 3.05) is 5.32 Å². The van der Waals surface area contributed by atoms with Crippen LogP contribution in [0.2, 0.25) is 0 Å². The zero-order valence-corrected chi connectivity index (χ0v) is 11.7. The van der Waals surface area contributed by atoms with Gasteiger partial charge in [-0.25, -0.2) is 4.68 Å². The molecule has 4 heteroatoms. The lowest BCUT2D eigenvalue weighted by Crippen LogP contribution is -2.05. The fourth-order valence-corrected chi connectivity index (χ4v) is 2.82. The third-order valence-electron chi connectivity index (χ3n) is 3.80. The Labute approximate surface area is 122 Å². The maximum absolute atomic E-state index is 4.38. The summed E-state index contributed by atoms with van der Waals surface area (Å²) < 4.78 is 1.82. The van der Waals surface area contributed by atoms with E-state index in [2.05, 4.69) is 40.4 Å². The molecule has 0 radical (unpaired) electrons. The van der Waals surface area contributed by atoms with Crippen molar-refractivity contribution in [2.45, 2.75) is 0 Å². The van der Waals surface area contributed by atoms with Gasteiger partial charge in [-0.05, 0) is 6.07 Å². The van der Waals surface area contributed by atoms with E-state index < -0.39 is 0 Å². The fourth-order valence-electron chi connectivity index (χ4n) is 2.82. The second-order valence-electron chi connectivity index (χ2n) is 5.10. The molecule has 0 amide bonds. The highest BCUT2D eigenvalue weighted by atomic mass is 15.4. The standard InChI is InChI=1S/C17H14N4/c1-11-12-7-3-4-8-13(12)16-17(21(2)20-19-16)14-9-5-6-10-15(14)18-11/h3-10,18H,1H2,2H3. The normalized spacial score (nSPS) is 12.5. The third kappa shape index (κ3) is 1.69. The van der Waals surface area contributed by atoms with E-state index in [1.807, 2.05) is 42.1 Å². The first kappa shape index (κ1) is 11.9. The van der Waals surface area contributed by atoms with Gasteiger partial charge in [0.1, 0.15) is 5.69 Å². The number of fused-ring (bicyclic) bond motifs is 5. The molecule has 4 nitrogen and oxygen atoms in total. The molecule has 102 valence electrons. The molecule has 0 saturated heterocycles. The van der Waals surface area contributed by atoms with E-state index in [0.717, 1.165) is 39.5 Å². The molecule has 0 spiro atoms. The van der Waals surface area contributed by atoms with Crippen LogP contribution in [-0.4, -0.2) is 15.0 Å². The monoisotopic (exact) mass is 274 g/mol. The molecule has 0 atom stereocenters. The van der Waals surface area contributed by atoms with Crippen molar-refractivity contribution >= 4 is 11.4 Å². The fraction of sp³-hybridized carbons (Fsp3) is 0.0588. The van der Waals surface area contributed by atoms with Crippen LogP contribution in [0.25, 0.3) is 28.2 Å². The maximum atomic E-state index is 4.38. The summed E-state index contributed by atoms with van der Waals surface area (Å²) in [5.74, 6) is 0. The Morgan fingerprint density at radius 2 is 1.62 bits per heavy atom. The van der Waals surface area contributed by atoms with Crippen LogP contribution in [0.3, 0.4) is 0 Å². The van der Waals surface area contributed by atoms with Crippen molar-refractivity contribution < 1.29 is 0 Å².